The number of benzene rings is 1. The number of rotatable bonds is 5. The topological polar surface area (TPSA) is 79.6 Å². The maximum absolute atomic E-state index is 14.9. The lowest BCUT2D eigenvalue weighted by Gasteiger charge is -2.30. The zero-order valence-electron chi connectivity index (χ0n) is 16.7. The highest BCUT2D eigenvalue weighted by molar-refractivity contribution is 6.31. The molecule has 3 aromatic rings. The molecule has 2 atom stereocenters. The van der Waals surface area contributed by atoms with Crippen LogP contribution in [0, 0.1) is 5.82 Å². The summed E-state index contributed by atoms with van der Waals surface area (Å²) >= 11 is 5.94. The Hall–Kier alpha value is -2.52. The summed E-state index contributed by atoms with van der Waals surface area (Å²) in [5.41, 5.74) is 3.28. The SMILES string of the molecule is O=C(C(O)COCC1NCc2ccccc21)N1CCn2c(c(F)c3cc(Cl)cnc32)C1. The minimum Gasteiger partial charge on any atom is -0.381 e. The lowest BCUT2D eigenvalue weighted by molar-refractivity contribution is -0.145. The molecule has 2 aromatic heterocycles. The molecule has 0 fully saturated rings. The van der Waals surface area contributed by atoms with Crippen molar-refractivity contribution in [2.24, 2.45) is 0 Å². The summed E-state index contributed by atoms with van der Waals surface area (Å²) in [5.74, 6) is -0.902. The molecule has 31 heavy (non-hydrogen) atoms. The average molecular weight is 445 g/mol. The molecule has 1 amide bonds. The molecule has 7 nitrogen and oxygen atoms in total. The van der Waals surface area contributed by atoms with Crippen LogP contribution in [0.15, 0.2) is 36.5 Å². The second kappa shape index (κ2) is 8.20. The van der Waals surface area contributed by atoms with E-state index in [2.05, 4.69) is 16.4 Å². The van der Waals surface area contributed by atoms with E-state index in [0.717, 1.165) is 6.54 Å². The number of carbonyl (C=O) groups excluding carboxylic acids is 1. The monoisotopic (exact) mass is 444 g/mol. The van der Waals surface area contributed by atoms with Crippen molar-refractivity contribution in [2.75, 3.05) is 19.8 Å². The van der Waals surface area contributed by atoms with E-state index in [-0.39, 0.29) is 19.2 Å². The quantitative estimate of drug-likeness (QED) is 0.631. The number of fused-ring (bicyclic) bond motifs is 4. The van der Waals surface area contributed by atoms with Gasteiger partial charge in [0.1, 0.15) is 5.65 Å². The van der Waals surface area contributed by atoms with Crippen LogP contribution < -0.4 is 5.32 Å². The Morgan fingerprint density at radius 3 is 3.10 bits per heavy atom. The van der Waals surface area contributed by atoms with Crippen LogP contribution in [0.4, 0.5) is 4.39 Å². The maximum atomic E-state index is 14.9. The van der Waals surface area contributed by atoms with Crippen LogP contribution in [-0.2, 0) is 29.2 Å². The normalized spacial score (nSPS) is 18.8. The first-order valence-corrected chi connectivity index (χ1v) is 10.6. The van der Waals surface area contributed by atoms with Gasteiger partial charge in [0.25, 0.3) is 5.91 Å². The van der Waals surface area contributed by atoms with Gasteiger partial charge in [-0.1, -0.05) is 35.9 Å². The second-order valence-corrected chi connectivity index (χ2v) is 8.32. The van der Waals surface area contributed by atoms with Crippen LogP contribution in [0.3, 0.4) is 0 Å². The van der Waals surface area contributed by atoms with E-state index >= 15 is 0 Å². The maximum Gasteiger partial charge on any atom is 0.254 e. The molecule has 4 heterocycles. The molecular formula is C22H22ClFN4O3. The van der Waals surface area contributed by atoms with Crippen molar-refractivity contribution in [1.29, 1.82) is 0 Å². The van der Waals surface area contributed by atoms with Crippen molar-refractivity contribution in [3.63, 3.8) is 0 Å². The first-order chi connectivity index (χ1) is 15.0. The predicted octanol–water partition coefficient (Wildman–Crippen LogP) is 2.39. The van der Waals surface area contributed by atoms with Crippen molar-refractivity contribution in [3.8, 4) is 0 Å². The molecule has 2 unspecified atom stereocenters. The highest BCUT2D eigenvalue weighted by Gasteiger charge is 2.30. The van der Waals surface area contributed by atoms with Gasteiger partial charge in [0.15, 0.2) is 11.9 Å². The molecule has 1 aromatic carbocycles. The Bertz CT molecular complexity index is 1150. The van der Waals surface area contributed by atoms with Crippen LogP contribution in [0.5, 0.6) is 0 Å². The number of hydrogen-bond acceptors (Lipinski definition) is 5. The Morgan fingerprint density at radius 2 is 2.23 bits per heavy atom. The summed E-state index contributed by atoms with van der Waals surface area (Å²) in [6.45, 7) is 1.84. The number of aromatic nitrogens is 2. The van der Waals surface area contributed by atoms with E-state index in [0.29, 0.717) is 41.4 Å². The number of amides is 1. The highest BCUT2D eigenvalue weighted by Crippen LogP contribution is 2.29. The molecule has 0 spiro atoms. The third kappa shape index (κ3) is 3.70. The summed E-state index contributed by atoms with van der Waals surface area (Å²) in [5, 5.41) is 14.4. The number of hydrogen-bond donors (Lipinski definition) is 2. The molecule has 2 N–H and O–H groups in total. The van der Waals surface area contributed by atoms with Crippen LogP contribution in [-0.4, -0.2) is 51.3 Å². The van der Waals surface area contributed by atoms with Gasteiger partial charge in [-0.3, -0.25) is 4.79 Å². The van der Waals surface area contributed by atoms with Crippen molar-refractivity contribution in [1.82, 2.24) is 19.8 Å². The van der Waals surface area contributed by atoms with E-state index in [1.807, 2.05) is 18.2 Å². The first-order valence-electron chi connectivity index (χ1n) is 10.2. The molecule has 0 saturated carbocycles. The van der Waals surface area contributed by atoms with Gasteiger partial charge in [0, 0.05) is 25.8 Å². The fourth-order valence-electron chi connectivity index (χ4n) is 4.38. The average Bonchev–Trinajstić information content (AvgIpc) is 3.32. The molecule has 2 aliphatic rings. The number of nitrogens with zero attached hydrogens (tertiary/aromatic N) is 3. The predicted molar refractivity (Wildman–Crippen MR) is 113 cm³/mol. The summed E-state index contributed by atoms with van der Waals surface area (Å²) in [6, 6.07) is 9.67. The van der Waals surface area contributed by atoms with Crippen LogP contribution in [0.1, 0.15) is 22.9 Å². The number of halogens is 2. The Kier molecular flexibility index (Phi) is 5.39. The van der Waals surface area contributed by atoms with E-state index in [4.69, 9.17) is 16.3 Å². The van der Waals surface area contributed by atoms with Crippen LogP contribution >= 0.6 is 11.6 Å². The number of carbonyl (C=O) groups is 1. The molecule has 9 heteroatoms. The molecule has 162 valence electrons. The molecule has 2 aliphatic heterocycles. The van der Waals surface area contributed by atoms with Gasteiger partial charge in [-0.25, -0.2) is 9.37 Å². The van der Waals surface area contributed by atoms with Gasteiger partial charge in [-0.2, -0.15) is 0 Å². The van der Waals surface area contributed by atoms with Crippen molar-refractivity contribution in [2.45, 2.75) is 31.8 Å². The van der Waals surface area contributed by atoms with E-state index in [9.17, 15) is 14.3 Å². The Balaban J connectivity index is 1.21. The lowest BCUT2D eigenvalue weighted by Crippen LogP contribution is -2.45. The minimum atomic E-state index is -1.30. The smallest absolute Gasteiger partial charge is 0.254 e. The minimum absolute atomic E-state index is 0.0395. The molecule has 5 rings (SSSR count). The molecule has 0 aliphatic carbocycles. The van der Waals surface area contributed by atoms with Crippen molar-refractivity contribution < 1.29 is 19.0 Å². The van der Waals surface area contributed by atoms with Gasteiger partial charge in [-0.05, 0) is 17.2 Å². The summed E-state index contributed by atoms with van der Waals surface area (Å²) in [6.07, 6.45) is 0.176. The highest BCUT2D eigenvalue weighted by atomic mass is 35.5. The summed E-state index contributed by atoms with van der Waals surface area (Å²) in [4.78, 5) is 18.4. The van der Waals surface area contributed by atoms with Gasteiger partial charge < -0.3 is 24.6 Å². The van der Waals surface area contributed by atoms with Gasteiger partial charge in [-0.15, -0.1) is 0 Å². The van der Waals surface area contributed by atoms with Crippen LogP contribution in [0.2, 0.25) is 5.02 Å². The van der Waals surface area contributed by atoms with Crippen molar-refractivity contribution in [3.05, 3.63) is 64.2 Å². The standard InChI is InChI=1S/C22H22ClFN4O3/c23-14-7-16-20(24)18-10-27(5-6-28(18)21(16)26-9-14)22(30)19(29)12-31-11-17-15-4-2-1-3-13(15)8-25-17/h1-4,7,9,17,19,25,29H,5-6,8,10-12H2. The Morgan fingerprint density at radius 1 is 1.39 bits per heavy atom. The number of nitrogens with one attached hydrogen (secondary N) is 1. The summed E-state index contributed by atoms with van der Waals surface area (Å²) < 4.78 is 22.3. The number of pyridine rings is 1. The zero-order chi connectivity index (χ0) is 21.5. The van der Waals surface area contributed by atoms with E-state index < -0.39 is 17.8 Å². The fourth-order valence-corrected chi connectivity index (χ4v) is 4.54. The molecule has 0 saturated heterocycles. The lowest BCUT2D eigenvalue weighted by atomic mass is 10.1. The van der Waals surface area contributed by atoms with Crippen LogP contribution in [0.25, 0.3) is 11.0 Å². The third-order valence-corrected chi connectivity index (χ3v) is 6.17. The zero-order valence-corrected chi connectivity index (χ0v) is 17.5. The van der Waals surface area contributed by atoms with Crippen molar-refractivity contribution >= 4 is 28.5 Å². The number of aliphatic hydroxyl groups excluding tert-OH is 1. The van der Waals surface area contributed by atoms with E-state index in [1.54, 1.807) is 4.57 Å². The van der Waals surface area contributed by atoms with Gasteiger partial charge >= 0.3 is 0 Å². The molecule has 0 radical (unpaired) electrons. The van der Waals surface area contributed by atoms with E-state index in [1.165, 1.54) is 28.3 Å². The summed E-state index contributed by atoms with van der Waals surface area (Å²) in [7, 11) is 0. The molecular weight excluding hydrogens is 423 g/mol. The second-order valence-electron chi connectivity index (χ2n) is 7.88. The first kappa shape index (κ1) is 20.4. The Labute approximate surface area is 183 Å². The number of aliphatic hydroxyl groups is 1. The molecule has 0 bridgehead atoms. The number of ether oxygens (including phenoxy) is 1. The van der Waals surface area contributed by atoms with Gasteiger partial charge in [0.05, 0.1) is 41.9 Å². The largest absolute Gasteiger partial charge is 0.381 e. The third-order valence-electron chi connectivity index (χ3n) is 5.97. The van der Waals surface area contributed by atoms with Gasteiger partial charge in [0.2, 0.25) is 0 Å². The fraction of sp³-hybridized carbons (Fsp3) is 0.364.